The molecule has 0 aromatic carbocycles. The molecule has 1 atom stereocenters. The Kier molecular flexibility index (Phi) is 5.85. The minimum absolute atomic E-state index is 0.128. The third-order valence-corrected chi connectivity index (χ3v) is 2.63. The molecule has 5 nitrogen and oxygen atoms in total. The van der Waals surface area contributed by atoms with Crippen LogP contribution in [0.4, 0.5) is 0 Å². The Bertz CT molecular complexity index is 328. The lowest BCUT2D eigenvalue weighted by atomic mass is 10.1. The zero-order valence-corrected chi connectivity index (χ0v) is 11.2. The summed E-state index contributed by atoms with van der Waals surface area (Å²) in [7, 11) is 0. The highest BCUT2D eigenvalue weighted by atomic mass is 16.5. The number of hydrogen-bond donors (Lipinski definition) is 1. The van der Waals surface area contributed by atoms with Gasteiger partial charge in [-0.3, -0.25) is 4.79 Å². The molecule has 1 rings (SSSR count). The van der Waals surface area contributed by atoms with Crippen molar-refractivity contribution in [3.8, 4) is 0 Å². The molecular weight excluding hydrogens is 232 g/mol. The van der Waals surface area contributed by atoms with E-state index in [4.69, 9.17) is 9.47 Å². The maximum atomic E-state index is 10.9. The van der Waals surface area contributed by atoms with Crippen LogP contribution in [0.5, 0.6) is 0 Å². The molecular formula is C13H22N2O3. The van der Waals surface area contributed by atoms with Crippen LogP contribution in [-0.2, 0) is 14.3 Å². The first kappa shape index (κ1) is 14.7. The number of aliphatic imine (C=N–C) groups is 1. The van der Waals surface area contributed by atoms with Gasteiger partial charge in [0.2, 0.25) is 5.91 Å². The van der Waals surface area contributed by atoms with Crippen LogP contribution >= 0.6 is 0 Å². The van der Waals surface area contributed by atoms with Crippen molar-refractivity contribution >= 4 is 11.8 Å². The number of hydrogen-bond acceptors (Lipinski definition) is 4. The maximum absolute atomic E-state index is 10.9. The number of amides is 1. The van der Waals surface area contributed by atoms with Crippen molar-refractivity contribution < 1.29 is 14.3 Å². The summed E-state index contributed by atoms with van der Waals surface area (Å²) in [5.74, 6) is 0.601. The Hall–Kier alpha value is -1.36. The monoisotopic (exact) mass is 254 g/mol. The van der Waals surface area contributed by atoms with Gasteiger partial charge in [0.25, 0.3) is 0 Å². The number of nitrogens with one attached hydrogen (secondary N) is 1. The molecule has 0 aliphatic carbocycles. The van der Waals surface area contributed by atoms with Gasteiger partial charge in [-0.2, -0.15) is 0 Å². The number of nitrogens with zero attached hydrogens (tertiary/aromatic N) is 1. The molecule has 0 saturated carbocycles. The molecule has 18 heavy (non-hydrogen) atoms. The minimum atomic E-state index is -0.235. The SMILES string of the molecule is C=CC(=O)NCCCCOCC1(C)COC(C)=N1. The molecule has 0 aromatic rings. The average molecular weight is 254 g/mol. The van der Waals surface area contributed by atoms with E-state index in [2.05, 4.69) is 16.9 Å². The zero-order chi connectivity index (χ0) is 13.4. The fraction of sp³-hybridized carbons (Fsp3) is 0.692. The Morgan fingerprint density at radius 1 is 1.67 bits per heavy atom. The first-order valence-electron chi connectivity index (χ1n) is 6.23. The number of rotatable bonds is 8. The highest BCUT2D eigenvalue weighted by Crippen LogP contribution is 2.18. The largest absolute Gasteiger partial charge is 0.479 e. The summed E-state index contributed by atoms with van der Waals surface area (Å²) in [6.07, 6.45) is 3.09. The van der Waals surface area contributed by atoms with E-state index in [-0.39, 0.29) is 11.4 Å². The average Bonchev–Trinajstić information content (AvgIpc) is 2.68. The number of carbonyl (C=O) groups is 1. The summed E-state index contributed by atoms with van der Waals surface area (Å²) < 4.78 is 10.9. The fourth-order valence-electron chi connectivity index (χ4n) is 1.68. The molecule has 0 spiro atoms. The molecule has 0 aromatic heterocycles. The second kappa shape index (κ2) is 7.16. The summed E-state index contributed by atoms with van der Waals surface area (Å²) in [5.41, 5.74) is -0.235. The number of unbranched alkanes of at least 4 members (excludes halogenated alkanes) is 1. The smallest absolute Gasteiger partial charge is 0.243 e. The molecule has 1 heterocycles. The van der Waals surface area contributed by atoms with E-state index in [0.29, 0.717) is 26.4 Å². The predicted octanol–water partition coefficient (Wildman–Crippen LogP) is 1.29. The molecule has 0 radical (unpaired) electrons. The van der Waals surface area contributed by atoms with Gasteiger partial charge in [-0.25, -0.2) is 4.99 Å². The number of ether oxygens (including phenoxy) is 2. The van der Waals surface area contributed by atoms with Crippen molar-refractivity contribution in [2.24, 2.45) is 4.99 Å². The van der Waals surface area contributed by atoms with Crippen LogP contribution in [-0.4, -0.2) is 43.7 Å². The first-order chi connectivity index (χ1) is 8.56. The van der Waals surface area contributed by atoms with Gasteiger partial charge in [-0.05, 0) is 25.8 Å². The lowest BCUT2D eigenvalue weighted by Gasteiger charge is -2.18. The topological polar surface area (TPSA) is 59.9 Å². The first-order valence-corrected chi connectivity index (χ1v) is 6.23. The summed E-state index contributed by atoms with van der Waals surface area (Å²) >= 11 is 0. The standard InChI is InChI=1S/C13H22N2O3/c1-4-12(16)14-7-5-6-8-17-9-13(3)10-18-11(2)15-13/h4H,1,5-10H2,2-3H3,(H,14,16). The lowest BCUT2D eigenvalue weighted by molar-refractivity contribution is -0.116. The van der Waals surface area contributed by atoms with E-state index in [1.807, 2.05) is 13.8 Å². The lowest BCUT2D eigenvalue weighted by Crippen LogP contribution is -2.30. The van der Waals surface area contributed by atoms with Crippen LogP contribution in [0.2, 0.25) is 0 Å². The second-order valence-electron chi connectivity index (χ2n) is 4.67. The second-order valence-corrected chi connectivity index (χ2v) is 4.67. The van der Waals surface area contributed by atoms with Crippen molar-refractivity contribution in [2.45, 2.75) is 32.2 Å². The predicted molar refractivity (Wildman–Crippen MR) is 70.7 cm³/mol. The highest BCUT2D eigenvalue weighted by molar-refractivity contribution is 5.86. The summed E-state index contributed by atoms with van der Waals surface area (Å²) in [5, 5.41) is 2.72. The third kappa shape index (κ3) is 5.31. The quantitative estimate of drug-likeness (QED) is 0.524. The highest BCUT2D eigenvalue weighted by Gasteiger charge is 2.30. The van der Waals surface area contributed by atoms with E-state index < -0.39 is 0 Å². The molecule has 1 unspecified atom stereocenters. The van der Waals surface area contributed by atoms with Gasteiger partial charge >= 0.3 is 0 Å². The number of carbonyl (C=O) groups excluding carboxylic acids is 1. The van der Waals surface area contributed by atoms with E-state index in [1.54, 1.807) is 0 Å². The molecule has 0 saturated heterocycles. The van der Waals surface area contributed by atoms with E-state index in [0.717, 1.165) is 18.7 Å². The normalized spacial score (nSPS) is 22.2. The Morgan fingerprint density at radius 3 is 3.06 bits per heavy atom. The minimum Gasteiger partial charge on any atom is -0.479 e. The van der Waals surface area contributed by atoms with Crippen molar-refractivity contribution in [2.75, 3.05) is 26.4 Å². The van der Waals surface area contributed by atoms with Crippen LogP contribution in [0.15, 0.2) is 17.6 Å². The van der Waals surface area contributed by atoms with E-state index in [1.165, 1.54) is 6.08 Å². The van der Waals surface area contributed by atoms with Gasteiger partial charge in [-0.15, -0.1) is 0 Å². The Labute approximate surface area is 108 Å². The fourth-order valence-corrected chi connectivity index (χ4v) is 1.68. The van der Waals surface area contributed by atoms with Crippen molar-refractivity contribution in [1.82, 2.24) is 5.32 Å². The molecule has 1 aliphatic heterocycles. The molecule has 1 amide bonds. The van der Waals surface area contributed by atoms with Crippen LogP contribution < -0.4 is 5.32 Å². The molecule has 102 valence electrons. The van der Waals surface area contributed by atoms with Gasteiger partial charge in [0.1, 0.15) is 12.1 Å². The van der Waals surface area contributed by atoms with Crippen LogP contribution in [0.3, 0.4) is 0 Å². The third-order valence-electron chi connectivity index (χ3n) is 2.63. The Morgan fingerprint density at radius 2 is 2.44 bits per heavy atom. The zero-order valence-electron chi connectivity index (χ0n) is 11.2. The van der Waals surface area contributed by atoms with Crippen LogP contribution in [0.25, 0.3) is 0 Å². The Balaban J connectivity index is 1.99. The van der Waals surface area contributed by atoms with Crippen LogP contribution in [0, 0.1) is 0 Å². The molecule has 0 fully saturated rings. The van der Waals surface area contributed by atoms with E-state index in [9.17, 15) is 4.79 Å². The van der Waals surface area contributed by atoms with Crippen molar-refractivity contribution in [1.29, 1.82) is 0 Å². The van der Waals surface area contributed by atoms with Crippen LogP contribution in [0.1, 0.15) is 26.7 Å². The van der Waals surface area contributed by atoms with E-state index >= 15 is 0 Å². The van der Waals surface area contributed by atoms with Gasteiger partial charge in [0, 0.05) is 20.1 Å². The molecule has 0 bridgehead atoms. The summed E-state index contributed by atoms with van der Waals surface area (Å²) in [4.78, 5) is 15.2. The molecule has 1 N–H and O–H groups in total. The van der Waals surface area contributed by atoms with Gasteiger partial charge < -0.3 is 14.8 Å². The van der Waals surface area contributed by atoms with Gasteiger partial charge in [-0.1, -0.05) is 6.58 Å². The van der Waals surface area contributed by atoms with Gasteiger partial charge in [0.05, 0.1) is 6.61 Å². The molecule has 1 aliphatic rings. The molecule has 5 heteroatoms. The van der Waals surface area contributed by atoms with Crippen molar-refractivity contribution in [3.05, 3.63) is 12.7 Å². The van der Waals surface area contributed by atoms with Crippen molar-refractivity contribution in [3.63, 3.8) is 0 Å². The van der Waals surface area contributed by atoms with Gasteiger partial charge in [0.15, 0.2) is 5.90 Å². The summed E-state index contributed by atoms with van der Waals surface area (Å²) in [6.45, 7) is 9.76. The maximum Gasteiger partial charge on any atom is 0.243 e. The summed E-state index contributed by atoms with van der Waals surface area (Å²) in [6, 6.07) is 0.